The van der Waals surface area contributed by atoms with Gasteiger partial charge in [-0.05, 0) is 52.3 Å². The molecule has 0 radical (unpaired) electrons. The first-order chi connectivity index (χ1) is 15.2. The number of hydrogen-bond acceptors (Lipinski definition) is 6. The summed E-state index contributed by atoms with van der Waals surface area (Å²) in [5.41, 5.74) is -2.06. The number of rotatable bonds is 4. The maximum absolute atomic E-state index is 13.6. The van der Waals surface area contributed by atoms with Crippen molar-refractivity contribution < 1.29 is 27.6 Å². The number of hydrogen-bond donors (Lipinski definition) is 1. The molecule has 3 heterocycles. The van der Waals surface area contributed by atoms with Gasteiger partial charge in [-0.3, -0.25) is 4.79 Å². The van der Waals surface area contributed by atoms with E-state index < -0.39 is 45.6 Å². The van der Waals surface area contributed by atoms with Crippen LogP contribution >= 0.6 is 0 Å². The normalized spacial score (nSPS) is 17.6. The molecule has 1 aliphatic rings. The van der Waals surface area contributed by atoms with Crippen LogP contribution < -0.4 is 11.0 Å². The minimum atomic E-state index is -4.41. The lowest BCUT2D eigenvalue weighted by molar-refractivity contribution is 0.00578. The second-order valence-electron chi connectivity index (χ2n) is 9.22. The van der Waals surface area contributed by atoms with Gasteiger partial charge < -0.3 is 19.0 Å². The molecule has 11 heteroatoms. The summed E-state index contributed by atoms with van der Waals surface area (Å²) in [5, 5.41) is 10.0. The van der Waals surface area contributed by atoms with Gasteiger partial charge in [0.05, 0.1) is 16.1 Å². The first-order valence-electron chi connectivity index (χ1n) is 10.3. The molecule has 0 aliphatic carbocycles. The average molecular weight is 472 g/mol. The monoisotopic (exact) mass is 472 g/mol. The molecule has 0 spiro atoms. The van der Waals surface area contributed by atoms with Gasteiger partial charge in [-0.25, -0.2) is 17.2 Å². The summed E-state index contributed by atoms with van der Waals surface area (Å²) in [4.78, 5) is 25.2. The van der Waals surface area contributed by atoms with E-state index in [-0.39, 0.29) is 15.8 Å². The Kier molecular flexibility index (Phi) is 5.16. The second kappa shape index (κ2) is 7.31. The van der Waals surface area contributed by atoms with Crippen LogP contribution in [0.4, 0.5) is 0 Å². The van der Waals surface area contributed by atoms with E-state index in [0.29, 0.717) is 15.0 Å². The van der Waals surface area contributed by atoms with Crippen LogP contribution in [0.1, 0.15) is 43.7 Å². The average Bonchev–Trinajstić information content (AvgIpc) is 3.21. The Morgan fingerprint density at radius 2 is 1.67 bits per heavy atom. The number of pyridine rings is 1. The summed E-state index contributed by atoms with van der Waals surface area (Å²) in [5.74, 6) is -1.48. The van der Waals surface area contributed by atoms with Crippen molar-refractivity contribution >= 4 is 39.5 Å². The number of aromatic nitrogens is 2. The number of aromatic carboxylic acids is 1. The van der Waals surface area contributed by atoms with Gasteiger partial charge in [0.15, 0.2) is 0 Å². The van der Waals surface area contributed by atoms with Crippen LogP contribution in [0.5, 0.6) is 0 Å². The number of carboxylic acid groups (broad SMARTS) is 1. The van der Waals surface area contributed by atoms with E-state index in [9.17, 15) is 23.1 Å². The summed E-state index contributed by atoms with van der Waals surface area (Å²) in [7, 11) is -3.87. The zero-order chi connectivity index (χ0) is 24.5. The van der Waals surface area contributed by atoms with Gasteiger partial charge in [-0.2, -0.15) is 0 Å². The fourth-order valence-corrected chi connectivity index (χ4v) is 5.65. The van der Waals surface area contributed by atoms with Gasteiger partial charge in [-0.15, -0.1) is 0 Å². The molecule has 0 atom stereocenters. The van der Waals surface area contributed by atoms with Crippen LogP contribution in [0.25, 0.3) is 10.9 Å². The highest BCUT2D eigenvalue weighted by Crippen LogP contribution is 2.37. The highest BCUT2D eigenvalue weighted by molar-refractivity contribution is 7.90. The van der Waals surface area contributed by atoms with Crippen LogP contribution in [0.2, 0.25) is 0 Å². The number of carboxylic acids is 1. The lowest BCUT2D eigenvalue weighted by atomic mass is 9.78. The van der Waals surface area contributed by atoms with Crippen LogP contribution in [0.3, 0.4) is 0 Å². The summed E-state index contributed by atoms with van der Waals surface area (Å²) in [6, 6.07) is 7.39. The molecular formula is C22H25BN2O7S. The number of benzene rings is 1. The molecule has 0 amide bonds. The fraction of sp³-hybridized carbons (Fsp3) is 0.364. The molecule has 1 fully saturated rings. The predicted molar refractivity (Wildman–Crippen MR) is 124 cm³/mol. The molecule has 0 bridgehead atoms. The Labute approximate surface area is 191 Å². The molecule has 9 nitrogen and oxygen atoms in total. The first kappa shape index (κ1) is 23.3. The van der Waals surface area contributed by atoms with Crippen LogP contribution in [-0.2, 0) is 26.4 Å². The Bertz CT molecular complexity index is 1450. The van der Waals surface area contributed by atoms with Gasteiger partial charge in [0, 0.05) is 24.1 Å². The largest absolute Gasteiger partial charge is 0.497 e. The lowest BCUT2D eigenvalue weighted by Crippen LogP contribution is -2.41. The Morgan fingerprint density at radius 3 is 2.21 bits per heavy atom. The van der Waals surface area contributed by atoms with E-state index >= 15 is 0 Å². The number of nitrogens with zero attached hydrogens (tertiary/aromatic N) is 2. The van der Waals surface area contributed by atoms with Crippen molar-refractivity contribution in [1.29, 1.82) is 0 Å². The van der Waals surface area contributed by atoms with Crippen molar-refractivity contribution in [1.82, 2.24) is 8.54 Å². The molecule has 1 aliphatic heterocycles. The molecule has 1 saturated heterocycles. The number of aryl methyl sites for hydroxylation is 2. The Morgan fingerprint density at radius 1 is 1.09 bits per heavy atom. The van der Waals surface area contributed by atoms with Gasteiger partial charge >= 0.3 is 13.1 Å². The molecule has 174 valence electrons. The highest BCUT2D eigenvalue weighted by Gasteiger charge is 2.52. The third kappa shape index (κ3) is 3.42. The SMILES string of the molecule is Cc1ccccc1S(=O)(=O)n1c(C(=O)O)cc2c(B3OC(C)(C)C(C)(C)O3)cn(C)c(=O)c21. The topological polar surface area (TPSA) is 117 Å². The molecule has 1 aromatic carbocycles. The molecule has 3 aromatic rings. The fourth-order valence-electron chi connectivity index (χ4n) is 3.92. The molecule has 0 saturated carbocycles. The summed E-state index contributed by atoms with van der Waals surface area (Å²) >= 11 is 0. The Balaban J connectivity index is 2.09. The minimum absolute atomic E-state index is 0.0897. The first-order valence-corrected chi connectivity index (χ1v) is 11.8. The maximum Gasteiger partial charge on any atom is 0.497 e. The molecule has 2 aromatic heterocycles. The van der Waals surface area contributed by atoms with Crippen molar-refractivity contribution in [2.24, 2.45) is 7.05 Å². The van der Waals surface area contributed by atoms with Crippen molar-refractivity contribution in [2.75, 3.05) is 0 Å². The molecule has 1 N–H and O–H groups in total. The predicted octanol–water partition coefficient (Wildman–Crippen LogP) is 1.88. The quantitative estimate of drug-likeness (QED) is 0.577. The van der Waals surface area contributed by atoms with Gasteiger partial charge in [0.2, 0.25) is 0 Å². The van der Waals surface area contributed by atoms with Gasteiger partial charge in [0.25, 0.3) is 15.6 Å². The smallest absolute Gasteiger partial charge is 0.477 e. The van der Waals surface area contributed by atoms with Crippen molar-refractivity contribution in [3.8, 4) is 0 Å². The van der Waals surface area contributed by atoms with E-state index in [1.165, 1.54) is 29.9 Å². The van der Waals surface area contributed by atoms with E-state index in [2.05, 4.69) is 0 Å². The van der Waals surface area contributed by atoms with E-state index in [1.807, 2.05) is 27.7 Å². The third-order valence-electron chi connectivity index (χ3n) is 6.46. The van der Waals surface area contributed by atoms with Crippen molar-refractivity contribution in [3.63, 3.8) is 0 Å². The van der Waals surface area contributed by atoms with E-state index in [4.69, 9.17) is 9.31 Å². The highest BCUT2D eigenvalue weighted by atomic mass is 32.2. The molecule has 4 rings (SSSR count). The zero-order valence-corrected chi connectivity index (χ0v) is 20.1. The van der Waals surface area contributed by atoms with Crippen molar-refractivity contribution in [2.45, 2.75) is 50.7 Å². The Hall–Kier alpha value is -2.89. The van der Waals surface area contributed by atoms with Crippen LogP contribution in [-0.4, -0.2) is 46.4 Å². The molecule has 0 unspecified atom stereocenters. The van der Waals surface area contributed by atoms with Crippen molar-refractivity contribution in [3.05, 3.63) is 58.1 Å². The number of fused-ring (bicyclic) bond motifs is 1. The summed E-state index contributed by atoms with van der Waals surface area (Å²) in [6.07, 6.45) is 1.49. The van der Waals surface area contributed by atoms with E-state index in [0.717, 1.165) is 0 Å². The minimum Gasteiger partial charge on any atom is -0.477 e. The van der Waals surface area contributed by atoms with Crippen LogP contribution in [0.15, 0.2) is 46.2 Å². The second-order valence-corrected chi connectivity index (χ2v) is 11.0. The van der Waals surface area contributed by atoms with Gasteiger partial charge in [0.1, 0.15) is 11.2 Å². The maximum atomic E-state index is 13.6. The van der Waals surface area contributed by atoms with Crippen LogP contribution in [0, 0.1) is 6.92 Å². The zero-order valence-electron chi connectivity index (χ0n) is 19.2. The molecule has 33 heavy (non-hydrogen) atoms. The van der Waals surface area contributed by atoms with E-state index in [1.54, 1.807) is 25.1 Å². The number of carbonyl (C=O) groups is 1. The van der Waals surface area contributed by atoms with Gasteiger partial charge in [-0.1, -0.05) is 18.2 Å². The summed E-state index contributed by atoms with van der Waals surface area (Å²) < 4.78 is 41.3. The standard InChI is InChI=1S/C22H25BN2O7S/c1-13-9-7-8-10-17(13)33(29,30)25-16(20(27)28)11-14-15(12-24(6)19(26)18(14)25)23-31-21(2,3)22(4,5)32-23/h7-12H,1-6H3,(H,27,28). The molecular weight excluding hydrogens is 447 g/mol. The third-order valence-corrected chi connectivity index (χ3v) is 8.34. The summed E-state index contributed by atoms with van der Waals surface area (Å²) in [6.45, 7) is 9.06. The lowest BCUT2D eigenvalue weighted by Gasteiger charge is -2.32.